The van der Waals surface area contributed by atoms with Gasteiger partial charge in [0.05, 0.1) is 18.8 Å². The summed E-state index contributed by atoms with van der Waals surface area (Å²) in [6, 6.07) is 0. The molecule has 1 aliphatic heterocycles. The first-order valence-electron chi connectivity index (χ1n) is 4.08. The average molecular weight is 142 g/mol. The summed E-state index contributed by atoms with van der Waals surface area (Å²) in [6.07, 6.45) is 2.74. The molecular weight excluding hydrogens is 128 g/mol. The molecule has 58 valence electrons. The number of hydrogen-bond donors (Lipinski definition) is 1. The van der Waals surface area contributed by atoms with Gasteiger partial charge in [-0.25, -0.2) is 0 Å². The molecule has 0 spiro atoms. The Morgan fingerprint density at radius 3 is 2.70 bits per heavy atom. The highest BCUT2D eigenvalue weighted by molar-refractivity contribution is 4.91. The minimum atomic E-state index is -0.207. The van der Waals surface area contributed by atoms with Crippen LogP contribution >= 0.6 is 0 Å². The molecule has 0 aromatic rings. The molecule has 0 unspecified atom stereocenters. The topological polar surface area (TPSA) is 29.5 Å². The maximum absolute atomic E-state index is 9.37. The Kier molecular flexibility index (Phi) is 1.46. The van der Waals surface area contributed by atoms with E-state index in [1.165, 1.54) is 12.8 Å². The van der Waals surface area contributed by atoms with E-state index < -0.39 is 0 Å². The fourth-order valence-electron chi connectivity index (χ4n) is 1.96. The zero-order valence-electron chi connectivity index (χ0n) is 6.29. The Hall–Kier alpha value is -0.0800. The van der Waals surface area contributed by atoms with E-state index in [1.54, 1.807) is 0 Å². The molecule has 1 heterocycles. The van der Waals surface area contributed by atoms with Gasteiger partial charge >= 0.3 is 0 Å². The number of hydrogen-bond acceptors (Lipinski definition) is 2. The molecule has 0 aromatic carbocycles. The SMILES string of the molecule is C[C@@H]1[C@@H]2CC[C@@H]2OC[C@H]1O. The fourth-order valence-corrected chi connectivity index (χ4v) is 1.96. The van der Waals surface area contributed by atoms with Crippen molar-refractivity contribution in [2.24, 2.45) is 11.8 Å². The van der Waals surface area contributed by atoms with Gasteiger partial charge in [0.1, 0.15) is 0 Å². The second-order valence-corrected chi connectivity index (χ2v) is 3.54. The Labute approximate surface area is 61.2 Å². The van der Waals surface area contributed by atoms with E-state index in [2.05, 4.69) is 6.92 Å². The highest BCUT2D eigenvalue weighted by Gasteiger charge is 2.42. The molecule has 1 saturated heterocycles. The molecule has 4 atom stereocenters. The van der Waals surface area contributed by atoms with Crippen molar-refractivity contribution < 1.29 is 9.84 Å². The van der Waals surface area contributed by atoms with Gasteiger partial charge in [-0.15, -0.1) is 0 Å². The first-order valence-corrected chi connectivity index (χ1v) is 4.08. The van der Waals surface area contributed by atoms with Gasteiger partial charge in [0.15, 0.2) is 0 Å². The predicted molar refractivity (Wildman–Crippen MR) is 37.6 cm³/mol. The molecule has 2 heteroatoms. The van der Waals surface area contributed by atoms with Crippen LogP contribution in [0.3, 0.4) is 0 Å². The van der Waals surface area contributed by atoms with Crippen molar-refractivity contribution in [2.45, 2.75) is 32.0 Å². The third kappa shape index (κ3) is 0.789. The summed E-state index contributed by atoms with van der Waals surface area (Å²) in [7, 11) is 0. The number of aliphatic hydroxyl groups excluding tert-OH is 1. The molecule has 2 fully saturated rings. The third-order valence-electron chi connectivity index (χ3n) is 3.03. The fraction of sp³-hybridized carbons (Fsp3) is 1.00. The van der Waals surface area contributed by atoms with E-state index in [1.807, 2.05) is 0 Å². The van der Waals surface area contributed by atoms with Crippen molar-refractivity contribution in [2.75, 3.05) is 6.61 Å². The molecule has 0 radical (unpaired) electrons. The Morgan fingerprint density at radius 2 is 2.20 bits per heavy atom. The third-order valence-corrected chi connectivity index (χ3v) is 3.03. The summed E-state index contributed by atoms with van der Waals surface area (Å²) in [5.74, 6) is 1.12. The lowest BCUT2D eigenvalue weighted by molar-refractivity contribution is -0.162. The molecule has 0 bridgehead atoms. The zero-order valence-corrected chi connectivity index (χ0v) is 6.29. The van der Waals surface area contributed by atoms with E-state index in [4.69, 9.17) is 4.74 Å². The van der Waals surface area contributed by atoms with Gasteiger partial charge in [-0.05, 0) is 24.7 Å². The highest BCUT2D eigenvalue weighted by atomic mass is 16.5. The average Bonchev–Trinajstić information content (AvgIpc) is 1.82. The molecular formula is C8H14O2. The first kappa shape index (κ1) is 6.62. The molecule has 1 aliphatic carbocycles. The molecule has 2 aliphatic rings. The lowest BCUT2D eigenvalue weighted by atomic mass is 9.70. The lowest BCUT2D eigenvalue weighted by Gasteiger charge is -2.46. The van der Waals surface area contributed by atoms with Crippen molar-refractivity contribution in [3.05, 3.63) is 0 Å². The Bertz CT molecular complexity index is 129. The van der Waals surface area contributed by atoms with Crippen LogP contribution in [0.2, 0.25) is 0 Å². The molecule has 2 nitrogen and oxygen atoms in total. The van der Waals surface area contributed by atoms with Crippen molar-refractivity contribution in [1.82, 2.24) is 0 Å². The largest absolute Gasteiger partial charge is 0.390 e. The predicted octanol–water partition coefficient (Wildman–Crippen LogP) is 0.792. The van der Waals surface area contributed by atoms with Crippen LogP contribution in [-0.2, 0) is 4.74 Å². The Balaban J connectivity index is 2.01. The highest BCUT2D eigenvalue weighted by Crippen LogP contribution is 2.40. The standard InChI is InChI=1S/C8H14O2/c1-5-6-2-3-8(6)10-4-7(5)9/h5-9H,2-4H2,1H3/t5-,6+,7-,8+/m1/s1. The van der Waals surface area contributed by atoms with Crippen molar-refractivity contribution in [3.63, 3.8) is 0 Å². The second-order valence-electron chi connectivity index (χ2n) is 3.54. The van der Waals surface area contributed by atoms with Crippen LogP contribution in [0.4, 0.5) is 0 Å². The van der Waals surface area contributed by atoms with E-state index >= 15 is 0 Å². The molecule has 2 rings (SSSR count). The quantitative estimate of drug-likeness (QED) is 0.542. The monoisotopic (exact) mass is 142 g/mol. The van der Waals surface area contributed by atoms with Gasteiger partial charge < -0.3 is 9.84 Å². The van der Waals surface area contributed by atoms with Crippen LogP contribution in [0.1, 0.15) is 19.8 Å². The van der Waals surface area contributed by atoms with Crippen LogP contribution in [0.25, 0.3) is 0 Å². The molecule has 0 aromatic heterocycles. The molecule has 10 heavy (non-hydrogen) atoms. The van der Waals surface area contributed by atoms with Crippen LogP contribution in [0.5, 0.6) is 0 Å². The first-order chi connectivity index (χ1) is 4.79. The number of ether oxygens (including phenoxy) is 1. The summed E-state index contributed by atoms with van der Waals surface area (Å²) in [6.45, 7) is 2.69. The minimum Gasteiger partial charge on any atom is -0.390 e. The Morgan fingerprint density at radius 1 is 1.40 bits per heavy atom. The lowest BCUT2D eigenvalue weighted by Crippen LogP contribution is -2.49. The van der Waals surface area contributed by atoms with Gasteiger partial charge in [0.25, 0.3) is 0 Å². The van der Waals surface area contributed by atoms with Crippen LogP contribution in [0, 0.1) is 11.8 Å². The normalized spacial score (nSPS) is 53.4. The van der Waals surface area contributed by atoms with E-state index in [9.17, 15) is 5.11 Å². The van der Waals surface area contributed by atoms with Gasteiger partial charge in [-0.1, -0.05) is 6.92 Å². The number of aliphatic hydroxyl groups is 1. The number of rotatable bonds is 0. The summed E-state index contributed by atoms with van der Waals surface area (Å²) in [5.41, 5.74) is 0. The van der Waals surface area contributed by atoms with E-state index in [0.717, 1.165) is 0 Å². The summed E-state index contributed by atoms with van der Waals surface area (Å²) >= 11 is 0. The van der Waals surface area contributed by atoms with Crippen molar-refractivity contribution >= 4 is 0 Å². The van der Waals surface area contributed by atoms with Crippen LogP contribution in [0.15, 0.2) is 0 Å². The minimum absolute atomic E-state index is 0.207. The zero-order chi connectivity index (χ0) is 7.14. The van der Waals surface area contributed by atoms with Gasteiger partial charge in [-0.3, -0.25) is 0 Å². The van der Waals surface area contributed by atoms with Crippen LogP contribution < -0.4 is 0 Å². The maximum atomic E-state index is 9.37. The van der Waals surface area contributed by atoms with Crippen molar-refractivity contribution in [3.8, 4) is 0 Å². The van der Waals surface area contributed by atoms with Gasteiger partial charge in [-0.2, -0.15) is 0 Å². The summed E-state index contributed by atoms with van der Waals surface area (Å²) < 4.78 is 5.41. The van der Waals surface area contributed by atoms with E-state index in [0.29, 0.717) is 24.5 Å². The molecule has 0 amide bonds. The summed E-state index contributed by atoms with van der Waals surface area (Å²) in [5, 5.41) is 9.37. The second kappa shape index (κ2) is 2.21. The van der Waals surface area contributed by atoms with Gasteiger partial charge in [0.2, 0.25) is 0 Å². The number of fused-ring (bicyclic) bond motifs is 1. The maximum Gasteiger partial charge on any atom is 0.0802 e. The van der Waals surface area contributed by atoms with Crippen molar-refractivity contribution in [1.29, 1.82) is 0 Å². The molecule has 1 N–H and O–H groups in total. The summed E-state index contributed by atoms with van der Waals surface area (Å²) in [4.78, 5) is 0. The van der Waals surface area contributed by atoms with Gasteiger partial charge in [0, 0.05) is 0 Å². The van der Waals surface area contributed by atoms with E-state index in [-0.39, 0.29) is 6.10 Å². The van der Waals surface area contributed by atoms with Crippen LogP contribution in [-0.4, -0.2) is 23.9 Å². The smallest absolute Gasteiger partial charge is 0.0802 e. The molecule has 1 saturated carbocycles.